The zero-order valence-corrected chi connectivity index (χ0v) is 10.3. The van der Waals surface area contributed by atoms with Gasteiger partial charge in [0.15, 0.2) is 0 Å². The van der Waals surface area contributed by atoms with Gasteiger partial charge >= 0.3 is 0 Å². The van der Waals surface area contributed by atoms with Gasteiger partial charge in [-0.1, -0.05) is 12.2 Å². The van der Waals surface area contributed by atoms with Crippen LogP contribution in [-0.4, -0.2) is 48.1 Å². The van der Waals surface area contributed by atoms with Crippen molar-refractivity contribution in [2.24, 2.45) is 11.8 Å². The Labute approximate surface area is 110 Å². The second-order valence-electron chi connectivity index (χ2n) is 5.43. The molecular weight excluding hydrogens is 234 g/mol. The topological polar surface area (TPSA) is 55.8 Å². The summed E-state index contributed by atoms with van der Waals surface area (Å²) in [5.41, 5.74) is -1.52. The molecule has 5 nitrogen and oxygen atoms in total. The van der Waals surface area contributed by atoms with E-state index in [1.807, 2.05) is 12.2 Å². The molecule has 0 N–H and O–H groups in total. The molecule has 0 saturated carbocycles. The first-order chi connectivity index (χ1) is 9.57. The number of likely N-dealkylation sites (tertiary alicyclic amines) is 1. The molecule has 3 heterocycles. The number of carbonyl (C=O) groups is 2. The standard InChI is InChI=1S/C13H17NO4/c1-12-4-5-13(2,18-12)9-8(12)10(15)14(11(9)16)6-7-17-3/h4-5,8-9H,6-7H2,1-3H3/i3T3. The van der Waals surface area contributed by atoms with Gasteiger partial charge in [0.05, 0.1) is 40.3 Å². The maximum atomic E-state index is 12.5. The lowest BCUT2D eigenvalue weighted by atomic mass is 9.73. The number of fused-ring (bicyclic) bond motifs is 5. The first-order valence-corrected chi connectivity index (χ1v) is 5.97. The number of nitrogens with zero attached hydrogens (tertiary/aromatic N) is 1. The summed E-state index contributed by atoms with van der Waals surface area (Å²) in [7, 11) is -2.52. The predicted molar refractivity (Wildman–Crippen MR) is 62.6 cm³/mol. The molecule has 0 aromatic rings. The highest BCUT2D eigenvalue weighted by Crippen LogP contribution is 2.56. The zero-order valence-electron chi connectivity index (χ0n) is 13.3. The normalized spacial score (nSPS) is 48.3. The fourth-order valence-corrected chi connectivity index (χ4v) is 3.45. The van der Waals surface area contributed by atoms with Crippen molar-refractivity contribution >= 4 is 11.8 Å². The van der Waals surface area contributed by atoms with Crippen LogP contribution in [0, 0.1) is 11.8 Å². The van der Waals surface area contributed by atoms with Crippen LogP contribution in [0.15, 0.2) is 12.2 Å². The Morgan fingerprint density at radius 3 is 2.39 bits per heavy atom. The van der Waals surface area contributed by atoms with Crippen LogP contribution in [0.25, 0.3) is 0 Å². The van der Waals surface area contributed by atoms with E-state index < -0.39 is 30.1 Å². The third-order valence-corrected chi connectivity index (χ3v) is 4.23. The molecule has 0 aromatic carbocycles. The van der Waals surface area contributed by atoms with Crippen LogP contribution in [0.4, 0.5) is 0 Å². The Balaban J connectivity index is 1.77. The summed E-state index contributed by atoms with van der Waals surface area (Å²) in [5, 5.41) is 0. The molecule has 0 spiro atoms. The van der Waals surface area contributed by atoms with Crippen molar-refractivity contribution < 1.29 is 23.2 Å². The minimum atomic E-state index is -2.52. The van der Waals surface area contributed by atoms with E-state index in [9.17, 15) is 9.59 Å². The van der Waals surface area contributed by atoms with E-state index in [-0.39, 0.29) is 25.0 Å². The molecule has 2 fully saturated rings. The van der Waals surface area contributed by atoms with E-state index in [4.69, 9.17) is 8.85 Å². The summed E-state index contributed by atoms with van der Waals surface area (Å²) >= 11 is 0. The zero-order chi connectivity index (χ0) is 15.6. The van der Waals surface area contributed by atoms with E-state index >= 15 is 0 Å². The number of methoxy groups -OCH3 is 1. The van der Waals surface area contributed by atoms with Crippen molar-refractivity contribution in [2.45, 2.75) is 25.0 Å². The third-order valence-electron chi connectivity index (χ3n) is 4.23. The molecule has 3 rings (SSSR count). The van der Waals surface area contributed by atoms with E-state index in [2.05, 4.69) is 4.74 Å². The molecule has 98 valence electrons. The number of amides is 2. The van der Waals surface area contributed by atoms with Crippen LogP contribution < -0.4 is 0 Å². The Morgan fingerprint density at radius 1 is 1.33 bits per heavy atom. The molecular formula is C13H17NO4. The number of ether oxygens (including phenoxy) is 2. The smallest absolute Gasteiger partial charge is 0.236 e. The molecule has 2 bridgehead atoms. The fourth-order valence-electron chi connectivity index (χ4n) is 3.45. The first-order valence-electron chi connectivity index (χ1n) is 7.47. The van der Waals surface area contributed by atoms with Gasteiger partial charge in [-0.3, -0.25) is 14.5 Å². The minimum Gasteiger partial charge on any atom is -0.383 e. The second-order valence-corrected chi connectivity index (χ2v) is 5.43. The van der Waals surface area contributed by atoms with Crippen LogP contribution in [0.3, 0.4) is 0 Å². The molecule has 0 radical (unpaired) electrons. The number of hydrogen-bond acceptors (Lipinski definition) is 4. The van der Waals surface area contributed by atoms with Crippen molar-refractivity contribution in [3.63, 3.8) is 0 Å². The number of carbonyl (C=O) groups excluding carboxylic acids is 2. The average Bonchev–Trinajstić information content (AvgIpc) is 2.87. The Morgan fingerprint density at radius 2 is 1.89 bits per heavy atom. The van der Waals surface area contributed by atoms with Gasteiger partial charge in [-0.15, -0.1) is 0 Å². The van der Waals surface area contributed by atoms with E-state index in [0.717, 1.165) is 4.90 Å². The molecule has 3 aliphatic heterocycles. The molecule has 2 amide bonds. The number of hydrogen-bond donors (Lipinski definition) is 0. The van der Waals surface area contributed by atoms with Crippen LogP contribution in [0.5, 0.6) is 0 Å². The highest BCUT2D eigenvalue weighted by Gasteiger charge is 2.70. The van der Waals surface area contributed by atoms with Crippen molar-refractivity contribution in [2.75, 3.05) is 20.2 Å². The SMILES string of the molecule is [3H]C([3H])([3H])OCCN1C(=O)C2C(C1=O)C1(C)C=CC2(C)O1. The second kappa shape index (κ2) is 3.42. The molecule has 4 atom stereocenters. The fraction of sp³-hybridized carbons (Fsp3) is 0.692. The Hall–Kier alpha value is -1.20. The quantitative estimate of drug-likeness (QED) is 0.541. The lowest BCUT2D eigenvalue weighted by Gasteiger charge is -2.25. The average molecular weight is 257 g/mol. The summed E-state index contributed by atoms with van der Waals surface area (Å²) in [5.74, 6) is -1.69. The lowest BCUT2D eigenvalue weighted by molar-refractivity contribution is -0.146. The van der Waals surface area contributed by atoms with Crippen molar-refractivity contribution in [1.29, 1.82) is 0 Å². The van der Waals surface area contributed by atoms with E-state index in [0.29, 0.717) is 0 Å². The van der Waals surface area contributed by atoms with Gasteiger partial charge in [0.1, 0.15) is 0 Å². The van der Waals surface area contributed by atoms with Crippen molar-refractivity contribution in [3.05, 3.63) is 12.2 Å². The molecule has 0 aliphatic carbocycles. The first kappa shape index (κ1) is 8.82. The van der Waals surface area contributed by atoms with Gasteiger partial charge in [0, 0.05) is 7.04 Å². The van der Waals surface area contributed by atoms with Gasteiger partial charge in [-0.25, -0.2) is 0 Å². The van der Waals surface area contributed by atoms with Crippen LogP contribution in [-0.2, 0) is 19.1 Å². The third kappa shape index (κ3) is 1.23. The summed E-state index contributed by atoms with van der Waals surface area (Å²) in [6.07, 6.45) is 3.67. The van der Waals surface area contributed by atoms with E-state index in [1.54, 1.807) is 13.8 Å². The molecule has 2 saturated heterocycles. The lowest BCUT2D eigenvalue weighted by Crippen LogP contribution is -2.40. The van der Waals surface area contributed by atoms with Gasteiger partial charge in [0.25, 0.3) is 0 Å². The summed E-state index contributed by atoms with van der Waals surface area (Å²) < 4.78 is 31.4. The number of rotatable bonds is 3. The maximum Gasteiger partial charge on any atom is 0.236 e. The molecule has 4 unspecified atom stereocenters. The van der Waals surface area contributed by atoms with Gasteiger partial charge < -0.3 is 9.47 Å². The van der Waals surface area contributed by atoms with Crippen LogP contribution in [0.1, 0.15) is 18.0 Å². The van der Waals surface area contributed by atoms with Crippen LogP contribution in [0.2, 0.25) is 0 Å². The predicted octanol–water partition coefficient (Wildman–Crippen LogP) is 0.351. The van der Waals surface area contributed by atoms with Crippen molar-refractivity contribution in [1.82, 2.24) is 4.90 Å². The Bertz CT molecular complexity index is 510. The molecule has 3 aliphatic rings. The summed E-state index contributed by atoms with van der Waals surface area (Å²) in [6.45, 7) is 3.35. The summed E-state index contributed by atoms with van der Waals surface area (Å²) in [6, 6.07) is 0. The van der Waals surface area contributed by atoms with Gasteiger partial charge in [0.2, 0.25) is 11.8 Å². The monoisotopic (exact) mass is 257 g/mol. The summed E-state index contributed by atoms with van der Waals surface area (Å²) in [4.78, 5) is 26.1. The minimum absolute atomic E-state index is 0.0464. The van der Waals surface area contributed by atoms with Gasteiger partial charge in [-0.2, -0.15) is 0 Å². The highest BCUT2D eigenvalue weighted by molar-refractivity contribution is 6.07. The number of imide groups is 1. The van der Waals surface area contributed by atoms with Crippen LogP contribution >= 0.6 is 0 Å². The Kier molecular flexibility index (Phi) is 1.68. The largest absolute Gasteiger partial charge is 0.383 e. The van der Waals surface area contributed by atoms with Gasteiger partial charge in [-0.05, 0) is 13.8 Å². The maximum absolute atomic E-state index is 12.5. The van der Waals surface area contributed by atoms with E-state index in [1.165, 1.54) is 0 Å². The molecule has 18 heavy (non-hydrogen) atoms. The van der Waals surface area contributed by atoms with Crippen molar-refractivity contribution in [3.8, 4) is 0 Å². The highest BCUT2D eigenvalue weighted by atomic mass is 16.5. The molecule has 5 heteroatoms. The molecule has 0 aromatic heterocycles.